The van der Waals surface area contributed by atoms with Crippen molar-refractivity contribution in [1.82, 2.24) is 4.57 Å². The van der Waals surface area contributed by atoms with E-state index < -0.39 is 143 Å². The maximum Gasteiger partial charge on any atom is 0.203 e. The van der Waals surface area contributed by atoms with Crippen LogP contribution in [0.15, 0.2) is 109 Å². The van der Waals surface area contributed by atoms with Crippen LogP contribution in [0, 0.1) is 0 Å². The maximum absolute atomic E-state index is 12.3. The summed E-state index contributed by atoms with van der Waals surface area (Å²) in [5.41, 5.74) is -8.17. The zero-order valence-electron chi connectivity index (χ0n) is 34.1. The molecule has 8 aromatic carbocycles. The number of aliphatic hydroxyl groups excluding tert-OH is 1. The molecule has 338 valence electrons. The van der Waals surface area contributed by atoms with E-state index in [0.717, 1.165) is 0 Å². The van der Waals surface area contributed by atoms with Crippen LogP contribution in [0.3, 0.4) is 0 Å². The van der Waals surface area contributed by atoms with E-state index >= 15 is 0 Å². The number of hydrogen-bond acceptors (Lipinski definition) is 17. The lowest BCUT2D eigenvalue weighted by Crippen LogP contribution is -2.15. The third-order valence-corrected chi connectivity index (χ3v) is 11.6. The van der Waals surface area contributed by atoms with Gasteiger partial charge in [0, 0.05) is 21.9 Å². The van der Waals surface area contributed by atoms with E-state index in [-0.39, 0.29) is 16.0 Å². The molecule has 0 unspecified atom stereocenters. The van der Waals surface area contributed by atoms with Crippen molar-refractivity contribution in [2.24, 2.45) is 0 Å². The molecule has 0 bridgehead atoms. The average molecular weight is 909 g/mol. The van der Waals surface area contributed by atoms with Crippen LogP contribution in [-0.2, 0) is 6.61 Å². The fourth-order valence-corrected chi connectivity index (χ4v) is 8.59. The highest BCUT2D eigenvalue weighted by Crippen LogP contribution is 2.67. The standard InChI is InChI=1S/C49H36N2O16/c52-19-24-29(30-35(53)32(47(65)49(67)41(30)59)50-25-17-9-7-15-22(25)23-16-8-10-18-26(23)50)40(58)48(66)42(60)31(24)51(33-43(61)36(54)27(37(55)44(33)62)20-11-3-1-4-12-20)34-45(63)38(56)28(39(57)46(34)64)21-13-5-2-6-14-21/h1-18,52-67H,19H2. The topological polar surface area (TPSA) is 332 Å². The highest BCUT2D eigenvalue weighted by molar-refractivity contribution is 6.11. The summed E-state index contributed by atoms with van der Waals surface area (Å²) < 4.78 is 1.28. The second kappa shape index (κ2) is 15.5. The molecule has 18 nitrogen and oxygen atoms in total. The van der Waals surface area contributed by atoms with Crippen molar-refractivity contribution in [2.45, 2.75) is 6.61 Å². The molecule has 16 N–H and O–H groups in total. The van der Waals surface area contributed by atoms with Gasteiger partial charge >= 0.3 is 0 Å². The Morgan fingerprint density at radius 3 is 1.07 bits per heavy atom. The van der Waals surface area contributed by atoms with Crippen molar-refractivity contribution >= 4 is 38.9 Å². The van der Waals surface area contributed by atoms with E-state index in [0.29, 0.717) is 21.8 Å². The fraction of sp³-hybridized carbons (Fsp3) is 0.0204. The van der Waals surface area contributed by atoms with Crippen LogP contribution in [0.5, 0.6) is 86.2 Å². The zero-order valence-corrected chi connectivity index (χ0v) is 34.1. The third-order valence-electron chi connectivity index (χ3n) is 11.6. The number of benzene rings is 8. The molecule has 0 radical (unpaired) electrons. The van der Waals surface area contributed by atoms with Gasteiger partial charge in [0.05, 0.1) is 40.0 Å². The molecule has 0 saturated carbocycles. The molecule has 0 atom stereocenters. The van der Waals surface area contributed by atoms with Crippen molar-refractivity contribution in [3.8, 4) is 125 Å². The number of aromatic nitrogens is 1. The van der Waals surface area contributed by atoms with Crippen LogP contribution in [0.1, 0.15) is 5.56 Å². The highest BCUT2D eigenvalue weighted by Gasteiger charge is 2.41. The number of aromatic hydroxyl groups is 15. The number of phenols is 15. The molecule has 0 aliphatic rings. The number of fused-ring (bicyclic) bond motifs is 3. The third kappa shape index (κ3) is 6.01. The molecule has 9 rings (SSSR count). The molecule has 0 fully saturated rings. The molecule has 0 amide bonds. The minimum absolute atomic E-state index is 0.00926. The lowest BCUT2D eigenvalue weighted by atomic mass is 9.91. The van der Waals surface area contributed by atoms with Crippen molar-refractivity contribution in [2.75, 3.05) is 4.90 Å². The minimum Gasteiger partial charge on any atom is -0.505 e. The minimum atomic E-state index is -1.60. The van der Waals surface area contributed by atoms with Gasteiger partial charge in [0.25, 0.3) is 0 Å². The summed E-state index contributed by atoms with van der Waals surface area (Å²) in [7, 11) is 0. The van der Waals surface area contributed by atoms with E-state index in [1.54, 1.807) is 60.7 Å². The predicted octanol–water partition coefficient (Wildman–Crippen LogP) is 8.33. The summed E-state index contributed by atoms with van der Waals surface area (Å²) in [4.78, 5) is 0.156. The summed E-state index contributed by atoms with van der Waals surface area (Å²) in [5.74, 6) is -20.2. The first kappa shape index (κ1) is 42.6. The molecule has 18 heteroatoms. The lowest BCUT2D eigenvalue weighted by molar-refractivity contribution is 0.280. The van der Waals surface area contributed by atoms with Crippen molar-refractivity contribution in [1.29, 1.82) is 0 Å². The smallest absolute Gasteiger partial charge is 0.203 e. The number of nitrogens with zero attached hydrogens (tertiary/aromatic N) is 2. The molecule has 1 heterocycles. The van der Waals surface area contributed by atoms with Crippen molar-refractivity contribution in [3.63, 3.8) is 0 Å². The van der Waals surface area contributed by atoms with Gasteiger partial charge < -0.3 is 86.3 Å². The van der Waals surface area contributed by atoms with Crippen molar-refractivity contribution in [3.05, 3.63) is 115 Å². The number of phenolic OH excluding ortho intramolecular Hbond substituents is 15. The van der Waals surface area contributed by atoms with Gasteiger partial charge in [-0.2, -0.15) is 0 Å². The van der Waals surface area contributed by atoms with Crippen LogP contribution in [0.25, 0.3) is 60.9 Å². The first-order chi connectivity index (χ1) is 32.0. The first-order valence-corrected chi connectivity index (χ1v) is 19.8. The van der Waals surface area contributed by atoms with Gasteiger partial charge in [-0.15, -0.1) is 0 Å². The molecular weight excluding hydrogens is 873 g/mol. The van der Waals surface area contributed by atoms with E-state index in [1.165, 1.54) is 53.1 Å². The number of para-hydroxylation sites is 2. The summed E-state index contributed by atoms with van der Waals surface area (Å²) in [6.07, 6.45) is 0. The van der Waals surface area contributed by atoms with E-state index in [2.05, 4.69) is 0 Å². The van der Waals surface area contributed by atoms with Gasteiger partial charge in [0.15, 0.2) is 74.7 Å². The Morgan fingerprint density at radius 2 is 0.657 bits per heavy atom. The predicted molar refractivity (Wildman–Crippen MR) is 243 cm³/mol. The maximum atomic E-state index is 12.3. The van der Waals surface area contributed by atoms with Crippen LogP contribution in [-0.4, -0.2) is 86.3 Å². The Kier molecular flexibility index (Phi) is 9.88. The molecule has 67 heavy (non-hydrogen) atoms. The van der Waals surface area contributed by atoms with Gasteiger partial charge in [0.2, 0.25) is 11.5 Å². The normalized spacial score (nSPS) is 11.4. The Morgan fingerprint density at radius 1 is 0.313 bits per heavy atom. The van der Waals surface area contributed by atoms with Gasteiger partial charge in [-0.3, -0.25) is 4.90 Å². The first-order valence-electron chi connectivity index (χ1n) is 19.8. The number of aliphatic hydroxyl groups is 1. The van der Waals surface area contributed by atoms with Gasteiger partial charge in [0.1, 0.15) is 17.1 Å². The molecule has 0 aliphatic carbocycles. The van der Waals surface area contributed by atoms with E-state index in [9.17, 15) is 81.7 Å². The zero-order chi connectivity index (χ0) is 47.9. The van der Waals surface area contributed by atoms with Crippen LogP contribution in [0.2, 0.25) is 0 Å². The highest BCUT2D eigenvalue weighted by atomic mass is 16.4. The van der Waals surface area contributed by atoms with Crippen LogP contribution < -0.4 is 4.90 Å². The summed E-state index contributed by atoms with van der Waals surface area (Å²) >= 11 is 0. The average Bonchev–Trinajstić information content (AvgIpc) is 3.66. The SMILES string of the molecule is OCc1c(-c2c(O)c(O)c(O)c(-n3c4ccccc4c4ccccc43)c2O)c(O)c(O)c(O)c1N(c1c(O)c(O)c(-c2ccccc2)c(O)c1O)c1c(O)c(O)c(-c2ccccc2)c(O)c1O. The van der Waals surface area contributed by atoms with Crippen LogP contribution >= 0.6 is 0 Å². The Hall–Kier alpha value is -9.68. The monoisotopic (exact) mass is 908 g/mol. The van der Waals surface area contributed by atoms with Gasteiger partial charge in [-0.05, 0) is 23.3 Å². The molecule has 0 saturated heterocycles. The Labute approximate surface area is 375 Å². The molecule has 0 spiro atoms. The molecular formula is C49H36N2O16. The molecule has 1 aromatic heterocycles. The lowest BCUT2D eigenvalue weighted by Gasteiger charge is -2.33. The van der Waals surface area contributed by atoms with Crippen LogP contribution in [0.4, 0.5) is 17.1 Å². The second-order valence-electron chi connectivity index (χ2n) is 15.2. The molecule has 9 aromatic rings. The van der Waals surface area contributed by atoms with E-state index in [1.807, 2.05) is 0 Å². The van der Waals surface area contributed by atoms with E-state index in [4.69, 9.17) is 0 Å². The summed E-state index contributed by atoms with van der Waals surface area (Å²) in [6.45, 7) is -1.50. The quantitative estimate of drug-likeness (QED) is 0.0503. The summed E-state index contributed by atoms with van der Waals surface area (Å²) in [5, 5.41) is 188. The molecule has 0 aliphatic heterocycles. The van der Waals surface area contributed by atoms with Crippen molar-refractivity contribution < 1.29 is 81.7 Å². The number of rotatable bonds is 8. The largest absolute Gasteiger partial charge is 0.505 e. The van der Waals surface area contributed by atoms with Gasteiger partial charge in [-0.1, -0.05) is 97.1 Å². The van der Waals surface area contributed by atoms with Gasteiger partial charge in [-0.25, -0.2) is 0 Å². The summed E-state index contributed by atoms with van der Waals surface area (Å²) in [6, 6.07) is 27.8. The second-order valence-corrected chi connectivity index (χ2v) is 15.2. The Bertz CT molecular complexity index is 3300. The number of anilines is 3. The number of hydrogen-bond donors (Lipinski definition) is 16. The fourth-order valence-electron chi connectivity index (χ4n) is 8.59. The Balaban J connectivity index is 1.44.